The highest BCUT2D eigenvalue weighted by Gasteiger charge is 2.43. The zero-order valence-electron chi connectivity index (χ0n) is 14.7. The molecule has 25 heavy (non-hydrogen) atoms. The molecule has 3 aliphatic carbocycles. The average Bonchev–Trinajstić information content (AvgIpc) is 3.28. The zero-order chi connectivity index (χ0) is 17.1. The molecule has 4 atom stereocenters. The Labute approximate surface area is 148 Å². The summed E-state index contributed by atoms with van der Waals surface area (Å²) in [5.41, 5.74) is 1.62. The number of carbonyl (C=O) groups excluding carboxylic acids is 1. The standard InChI is InChI=1S/C19H26N4O2/c1-23(13-6-11-8-14(24)9-12(11)7-13)18-15-4-5-20-19(25)16(15)21-17(22-18)10-2-3-10/h10-14,24H,2-9H2,1H3,(H,20,25)/t11-,12+,13?,14?. The number of nitrogens with zero attached hydrogens (tertiary/aromatic N) is 3. The van der Waals surface area contributed by atoms with Gasteiger partial charge in [-0.1, -0.05) is 0 Å². The summed E-state index contributed by atoms with van der Waals surface area (Å²) in [5, 5.41) is 12.8. The van der Waals surface area contributed by atoms with Gasteiger partial charge in [0.25, 0.3) is 5.91 Å². The van der Waals surface area contributed by atoms with E-state index in [1.165, 1.54) is 0 Å². The van der Waals surface area contributed by atoms with Gasteiger partial charge in [0.15, 0.2) is 0 Å². The average molecular weight is 342 g/mol. The second-order valence-electron chi connectivity index (χ2n) is 8.39. The summed E-state index contributed by atoms with van der Waals surface area (Å²) in [6, 6.07) is 0.457. The minimum atomic E-state index is -0.0989. The SMILES string of the molecule is CN(c1nc(C2CC2)nc2c1CCNC2=O)C1C[C@H]2CC(O)C[C@H]2C1. The van der Waals surface area contributed by atoms with Gasteiger partial charge in [-0.15, -0.1) is 0 Å². The van der Waals surface area contributed by atoms with Crippen LogP contribution in [-0.4, -0.2) is 46.7 Å². The topological polar surface area (TPSA) is 78.4 Å². The number of aromatic nitrogens is 2. The molecule has 0 bridgehead atoms. The maximum absolute atomic E-state index is 12.3. The van der Waals surface area contributed by atoms with Crippen LogP contribution in [0, 0.1) is 11.8 Å². The Morgan fingerprint density at radius 2 is 1.84 bits per heavy atom. The molecule has 0 spiro atoms. The number of hydrogen-bond acceptors (Lipinski definition) is 5. The van der Waals surface area contributed by atoms with Crippen molar-refractivity contribution >= 4 is 11.7 Å². The molecule has 6 nitrogen and oxygen atoms in total. The summed E-state index contributed by atoms with van der Waals surface area (Å²) >= 11 is 0. The Morgan fingerprint density at radius 3 is 2.52 bits per heavy atom. The lowest BCUT2D eigenvalue weighted by Gasteiger charge is -2.30. The number of aliphatic hydroxyl groups is 1. The second-order valence-corrected chi connectivity index (χ2v) is 8.39. The largest absolute Gasteiger partial charge is 0.393 e. The lowest BCUT2D eigenvalue weighted by Crippen LogP contribution is -2.38. The molecule has 0 saturated heterocycles. The van der Waals surface area contributed by atoms with Crippen molar-refractivity contribution in [2.75, 3.05) is 18.5 Å². The van der Waals surface area contributed by atoms with Gasteiger partial charge in [-0.05, 0) is 56.8 Å². The molecule has 0 aromatic carbocycles. The molecule has 1 amide bonds. The molecule has 1 aromatic rings. The van der Waals surface area contributed by atoms with Crippen molar-refractivity contribution < 1.29 is 9.90 Å². The fraction of sp³-hybridized carbons (Fsp3) is 0.737. The lowest BCUT2D eigenvalue weighted by atomic mass is 10.0. The van der Waals surface area contributed by atoms with Gasteiger partial charge in [0.05, 0.1) is 6.10 Å². The van der Waals surface area contributed by atoms with Gasteiger partial charge < -0.3 is 15.3 Å². The number of anilines is 1. The molecular formula is C19H26N4O2. The first-order valence-electron chi connectivity index (χ1n) is 9.70. The summed E-state index contributed by atoms with van der Waals surface area (Å²) in [6.45, 7) is 0.668. The predicted octanol–water partition coefficient (Wildman–Crippen LogP) is 1.63. The second kappa shape index (κ2) is 5.66. The van der Waals surface area contributed by atoms with E-state index < -0.39 is 0 Å². The van der Waals surface area contributed by atoms with Crippen LogP contribution in [0.1, 0.15) is 66.3 Å². The van der Waals surface area contributed by atoms with Crippen LogP contribution >= 0.6 is 0 Å². The third kappa shape index (κ3) is 2.62. The Kier molecular flexibility index (Phi) is 3.52. The minimum absolute atomic E-state index is 0.0494. The monoisotopic (exact) mass is 342 g/mol. The van der Waals surface area contributed by atoms with Crippen molar-refractivity contribution in [2.45, 2.75) is 63.0 Å². The molecular weight excluding hydrogens is 316 g/mol. The van der Waals surface area contributed by atoms with Gasteiger partial charge in [-0.2, -0.15) is 0 Å². The first kappa shape index (κ1) is 15.6. The highest BCUT2D eigenvalue weighted by molar-refractivity contribution is 5.96. The highest BCUT2D eigenvalue weighted by atomic mass is 16.3. The maximum Gasteiger partial charge on any atom is 0.270 e. The fourth-order valence-electron chi connectivity index (χ4n) is 5.15. The van der Waals surface area contributed by atoms with Crippen LogP contribution in [0.2, 0.25) is 0 Å². The number of carbonyl (C=O) groups is 1. The molecule has 134 valence electrons. The van der Waals surface area contributed by atoms with E-state index in [-0.39, 0.29) is 12.0 Å². The van der Waals surface area contributed by atoms with E-state index in [1.54, 1.807) is 0 Å². The smallest absolute Gasteiger partial charge is 0.270 e. The molecule has 1 aliphatic heterocycles. The van der Waals surface area contributed by atoms with Crippen molar-refractivity contribution in [1.82, 2.24) is 15.3 Å². The Balaban J connectivity index is 1.47. The summed E-state index contributed by atoms with van der Waals surface area (Å²) in [5.74, 6) is 3.51. The van der Waals surface area contributed by atoms with Gasteiger partial charge >= 0.3 is 0 Å². The first-order chi connectivity index (χ1) is 12.1. The normalized spacial score (nSPS) is 33.8. The first-order valence-corrected chi connectivity index (χ1v) is 9.70. The van der Waals surface area contributed by atoms with Gasteiger partial charge in [-0.3, -0.25) is 4.79 Å². The van der Waals surface area contributed by atoms with Crippen LogP contribution in [0.15, 0.2) is 0 Å². The van der Waals surface area contributed by atoms with Crippen molar-refractivity contribution in [2.24, 2.45) is 11.8 Å². The number of fused-ring (bicyclic) bond motifs is 2. The van der Waals surface area contributed by atoms with Crippen molar-refractivity contribution in [3.8, 4) is 0 Å². The van der Waals surface area contributed by atoms with Gasteiger partial charge in [0.1, 0.15) is 17.3 Å². The molecule has 5 rings (SSSR count). The number of amides is 1. The van der Waals surface area contributed by atoms with E-state index in [4.69, 9.17) is 4.98 Å². The minimum Gasteiger partial charge on any atom is -0.393 e. The lowest BCUT2D eigenvalue weighted by molar-refractivity contribution is 0.0940. The van der Waals surface area contributed by atoms with E-state index >= 15 is 0 Å². The number of aliphatic hydroxyl groups excluding tert-OH is 1. The number of nitrogens with one attached hydrogen (secondary N) is 1. The summed E-state index contributed by atoms with van der Waals surface area (Å²) in [6.07, 6.45) is 7.13. The van der Waals surface area contributed by atoms with E-state index in [2.05, 4.69) is 22.2 Å². The van der Waals surface area contributed by atoms with Crippen LogP contribution < -0.4 is 10.2 Å². The van der Waals surface area contributed by atoms with Gasteiger partial charge in [0.2, 0.25) is 0 Å². The van der Waals surface area contributed by atoms with Crippen molar-refractivity contribution in [3.05, 3.63) is 17.1 Å². The third-order valence-electron chi connectivity index (χ3n) is 6.67. The molecule has 1 aromatic heterocycles. The van der Waals surface area contributed by atoms with Crippen molar-refractivity contribution in [3.63, 3.8) is 0 Å². The van der Waals surface area contributed by atoms with E-state index in [0.29, 0.717) is 36.0 Å². The molecule has 2 heterocycles. The molecule has 0 radical (unpaired) electrons. The van der Waals surface area contributed by atoms with Gasteiger partial charge in [-0.25, -0.2) is 9.97 Å². The van der Waals surface area contributed by atoms with E-state index in [1.807, 2.05) is 0 Å². The predicted molar refractivity (Wildman–Crippen MR) is 93.7 cm³/mol. The van der Waals surface area contributed by atoms with Crippen LogP contribution in [0.4, 0.5) is 5.82 Å². The highest BCUT2D eigenvalue weighted by Crippen LogP contribution is 2.47. The van der Waals surface area contributed by atoms with Crippen LogP contribution in [-0.2, 0) is 6.42 Å². The van der Waals surface area contributed by atoms with Crippen molar-refractivity contribution in [1.29, 1.82) is 0 Å². The molecule has 3 fully saturated rings. The Hall–Kier alpha value is -1.69. The molecule has 4 aliphatic rings. The number of rotatable bonds is 3. The molecule has 2 unspecified atom stereocenters. The van der Waals surface area contributed by atoms with E-state index in [0.717, 1.165) is 62.2 Å². The van der Waals surface area contributed by atoms with Crippen LogP contribution in [0.5, 0.6) is 0 Å². The molecule has 6 heteroatoms. The van der Waals surface area contributed by atoms with Crippen LogP contribution in [0.3, 0.4) is 0 Å². The summed E-state index contributed by atoms with van der Waals surface area (Å²) in [7, 11) is 2.13. The van der Waals surface area contributed by atoms with Gasteiger partial charge in [0, 0.05) is 31.1 Å². The maximum atomic E-state index is 12.3. The fourth-order valence-corrected chi connectivity index (χ4v) is 5.15. The Bertz CT molecular complexity index is 704. The van der Waals surface area contributed by atoms with E-state index in [9.17, 15) is 9.90 Å². The number of hydrogen-bond donors (Lipinski definition) is 2. The third-order valence-corrected chi connectivity index (χ3v) is 6.67. The molecule has 2 N–H and O–H groups in total. The quantitative estimate of drug-likeness (QED) is 0.873. The summed E-state index contributed by atoms with van der Waals surface area (Å²) < 4.78 is 0. The zero-order valence-corrected chi connectivity index (χ0v) is 14.7. The Morgan fingerprint density at radius 1 is 1.12 bits per heavy atom. The molecule has 3 saturated carbocycles. The van der Waals surface area contributed by atoms with Crippen LogP contribution in [0.25, 0.3) is 0 Å². The summed E-state index contributed by atoms with van der Waals surface area (Å²) in [4.78, 5) is 24.2.